The Balaban J connectivity index is 1.60. The van der Waals surface area contributed by atoms with Crippen LogP contribution in [0.4, 0.5) is 4.79 Å². The molecule has 3 unspecified atom stereocenters. The molecule has 0 aliphatic heterocycles. The number of carbonyl (C=O) groups is 2. The van der Waals surface area contributed by atoms with Crippen LogP contribution in [0.3, 0.4) is 0 Å². The summed E-state index contributed by atoms with van der Waals surface area (Å²) in [5, 5.41) is 11.1. The zero-order chi connectivity index (χ0) is 16.0. The van der Waals surface area contributed by atoms with Crippen molar-refractivity contribution in [1.82, 2.24) is 10.3 Å². The van der Waals surface area contributed by atoms with Gasteiger partial charge in [0, 0.05) is 5.92 Å². The van der Waals surface area contributed by atoms with E-state index in [0.29, 0.717) is 23.2 Å². The summed E-state index contributed by atoms with van der Waals surface area (Å²) >= 11 is 0. The number of carbonyl (C=O) groups excluding carboxylic acids is 1. The number of aromatic nitrogens is 1. The van der Waals surface area contributed by atoms with Crippen LogP contribution in [0.2, 0.25) is 0 Å². The summed E-state index contributed by atoms with van der Waals surface area (Å²) in [7, 11) is 0. The Morgan fingerprint density at radius 3 is 2.61 bits per heavy atom. The highest BCUT2D eigenvalue weighted by Gasteiger charge is 2.44. The number of pyridine rings is 1. The number of amides is 1. The number of rotatable bonds is 5. The first-order valence-corrected chi connectivity index (χ1v) is 8.62. The lowest BCUT2D eigenvalue weighted by Gasteiger charge is -2.21. The van der Waals surface area contributed by atoms with Crippen LogP contribution >= 0.6 is 0 Å². The van der Waals surface area contributed by atoms with Crippen molar-refractivity contribution in [2.45, 2.75) is 51.0 Å². The van der Waals surface area contributed by atoms with Crippen molar-refractivity contribution in [1.29, 1.82) is 0 Å². The third-order valence-electron chi connectivity index (χ3n) is 5.73. The van der Waals surface area contributed by atoms with E-state index in [0.717, 1.165) is 30.7 Å². The van der Waals surface area contributed by atoms with E-state index in [2.05, 4.69) is 10.3 Å². The average molecular weight is 314 g/mol. The first-order valence-electron chi connectivity index (χ1n) is 8.62. The van der Waals surface area contributed by atoms with Crippen LogP contribution in [0.1, 0.15) is 66.2 Å². The maximum absolute atomic E-state index is 13.1. The highest BCUT2D eigenvalue weighted by molar-refractivity contribution is 5.98. The number of nitrogens with zero attached hydrogens (tertiary/aromatic N) is 1. The Kier molecular flexibility index (Phi) is 3.58. The van der Waals surface area contributed by atoms with E-state index < -0.39 is 6.09 Å². The van der Waals surface area contributed by atoms with Gasteiger partial charge in [0.05, 0.1) is 12.2 Å². The van der Waals surface area contributed by atoms with Gasteiger partial charge >= 0.3 is 6.09 Å². The third kappa shape index (κ3) is 2.84. The first kappa shape index (κ1) is 14.7. The Labute approximate surface area is 135 Å². The smallest absolute Gasteiger partial charge is 0.404 e. The highest BCUT2D eigenvalue weighted by atomic mass is 16.4. The summed E-state index contributed by atoms with van der Waals surface area (Å²) in [4.78, 5) is 28.3. The average Bonchev–Trinajstić information content (AvgIpc) is 3.18. The highest BCUT2D eigenvalue weighted by Crippen LogP contribution is 2.50. The monoisotopic (exact) mass is 314 g/mol. The minimum absolute atomic E-state index is 0.140. The van der Waals surface area contributed by atoms with E-state index in [9.17, 15) is 9.59 Å². The van der Waals surface area contributed by atoms with Gasteiger partial charge in [-0.3, -0.25) is 4.79 Å². The molecular formula is C18H22N2O3. The summed E-state index contributed by atoms with van der Waals surface area (Å²) in [6, 6.07) is 3.84. The number of hydrogen-bond donors (Lipinski definition) is 2. The Bertz CT molecular complexity index is 654. The van der Waals surface area contributed by atoms with Crippen LogP contribution in [0.25, 0.3) is 0 Å². The summed E-state index contributed by atoms with van der Waals surface area (Å²) in [5.74, 6) is 2.09. The molecule has 1 amide bonds. The molecule has 0 aromatic carbocycles. The summed E-state index contributed by atoms with van der Waals surface area (Å²) < 4.78 is 0. The zero-order valence-electron chi connectivity index (χ0n) is 13.1. The molecule has 1 aromatic heterocycles. The molecule has 0 saturated heterocycles. The Morgan fingerprint density at radius 1 is 1.17 bits per heavy atom. The molecule has 2 N–H and O–H groups in total. The van der Waals surface area contributed by atoms with Gasteiger partial charge in [-0.15, -0.1) is 0 Å². The number of fused-ring (bicyclic) bond motifs is 2. The minimum Gasteiger partial charge on any atom is -0.465 e. The topological polar surface area (TPSA) is 79.3 Å². The molecule has 3 saturated carbocycles. The Hall–Kier alpha value is -1.91. The van der Waals surface area contributed by atoms with Crippen LogP contribution in [-0.4, -0.2) is 22.0 Å². The minimum atomic E-state index is -1.07. The molecule has 3 aliphatic rings. The van der Waals surface area contributed by atoms with Crippen molar-refractivity contribution in [3.8, 4) is 0 Å². The number of ketones is 1. The second kappa shape index (κ2) is 5.62. The second-order valence-electron chi connectivity index (χ2n) is 7.32. The Morgan fingerprint density at radius 2 is 2.00 bits per heavy atom. The molecule has 5 heteroatoms. The molecule has 5 nitrogen and oxygen atoms in total. The second-order valence-corrected chi connectivity index (χ2v) is 7.32. The largest absolute Gasteiger partial charge is 0.465 e. The van der Waals surface area contributed by atoms with Crippen molar-refractivity contribution in [3.05, 3.63) is 29.1 Å². The molecule has 122 valence electrons. The van der Waals surface area contributed by atoms with Gasteiger partial charge in [0.1, 0.15) is 5.69 Å². The van der Waals surface area contributed by atoms with Crippen LogP contribution in [0.5, 0.6) is 0 Å². The maximum atomic E-state index is 13.1. The van der Waals surface area contributed by atoms with Crippen LogP contribution in [0, 0.1) is 17.8 Å². The van der Waals surface area contributed by atoms with Gasteiger partial charge in [-0.1, -0.05) is 12.5 Å². The van der Waals surface area contributed by atoms with Crippen molar-refractivity contribution in [2.75, 3.05) is 0 Å². The fraction of sp³-hybridized carbons (Fsp3) is 0.611. The van der Waals surface area contributed by atoms with Crippen LogP contribution < -0.4 is 5.32 Å². The lowest BCUT2D eigenvalue weighted by atomic mass is 9.83. The molecule has 1 heterocycles. The van der Waals surface area contributed by atoms with Crippen molar-refractivity contribution < 1.29 is 14.7 Å². The predicted octanol–water partition coefficient (Wildman–Crippen LogP) is 3.35. The molecule has 4 rings (SSSR count). The zero-order valence-corrected chi connectivity index (χ0v) is 13.1. The van der Waals surface area contributed by atoms with Crippen LogP contribution in [0.15, 0.2) is 12.1 Å². The molecule has 23 heavy (non-hydrogen) atoms. The van der Waals surface area contributed by atoms with Crippen molar-refractivity contribution in [3.63, 3.8) is 0 Å². The quantitative estimate of drug-likeness (QED) is 0.817. The fourth-order valence-corrected chi connectivity index (χ4v) is 4.44. The fourth-order valence-electron chi connectivity index (χ4n) is 4.44. The number of nitrogens with one attached hydrogen (secondary N) is 1. The molecule has 3 aliphatic carbocycles. The summed E-state index contributed by atoms with van der Waals surface area (Å²) in [6.07, 6.45) is 5.87. The lowest BCUT2D eigenvalue weighted by Crippen LogP contribution is -2.25. The predicted molar refractivity (Wildman–Crippen MR) is 84.3 cm³/mol. The normalized spacial score (nSPS) is 28.8. The van der Waals surface area contributed by atoms with E-state index in [-0.39, 0.29) is 18.2 Å². The van der Waals surface area contributed by atoms with Gasteiger partial charge in [0.15, 0.2) is 5.78 Å². The van der Waals surface area contributed by atoms with E-state index in [1.807, 2.05) is 12.1 Å². The standard InChI is InChI=1S/C18H22N2O3/c21-17(15-8-10-1-2-12(15)7-10)16-14(11-3-4-11)6-5-13(20-16)9-19-18(22)23/h5-6,10-12,15,19H,1-4,7-9H2,(H,22,23). The summed E-state index contributed by atoms with van der Waals surface area (Å²) in [6.45, 7) is 0.150. The van der Waals surface area contributed by atoms with Crippen molar-refractivity contribution in [2.24, 2.45) is 17.8 Å². The van der Waals surface area contributed by atoms with Crippen molar-refractivity contribution >= 4 is 11.9 Å². The third-order valence-corrected chi connectivity index (χ3v) is 5.73. The van der Waals surface area contributed by atoms with Gasteiger partial charge in [0.2, 0.25) is 0 Å². The molecular weight excluding hydrogens is 292 g/mol. The molecule has 0 spiro atoms. The number of hydrogen-bond acceptors (Lipinski definition) is 3. The van der Waals surface area contributed by atoms with Gasteiger partial charge in [-0.25, -0.2) is 9.78 Å². The van der Waals surface area contributed by atoms with E-state index >= 15 is 0 Å². The molecule has 2 bridgehead atoms. The molecule has 3 fully saturated rings. The summed E-state index contributed by atoms with van der Waals surface area (Å²) in [5.41, 5.74) is 2.33. The maximum Gasteiger partial charge on any atom is 0.404 e. The number of Topliss-reactive ketones (excluding diaryl/α,β-unsaturated/α-hetero) is 1. The first-order chi connectivity index (χ1) is 11.1. The van der Waals surface area contributed by atoms with E-state index in [1.165, 1.54) is 19.3 Å². The number of carboxylic acid groups (broad SMARTS) is 1. The molecule has 3 atom stereocenters. The van der Waals surface area contributed by atoms with E-state index in [1.54, 1.807) is 0 Å². The van der Waals surface area contributed by atoms with Gasteiger partial charge in [0.25, 0.3) is 0 Å². The molecule has 1 aromatic rings. The molecule has 0 radical (unpaired) electrons. The van der Waals surface area contributed by atoms with Gasteiger partial charge in [-0.2, -0.15) is 0 Å². The van der Waals surface area contributed by atoms with Crippen LogP contribution in [-0.2, 0) is 6.54 Å². The van der Waals surface area contributed by atoms with Gasteiger partial charge < -0.3 is 10.4 Å². The lowest BCUT2D eigenvalue weighted by molar-refractivity contribution is 0.0868. The van der Waals surface area contributed by atoms with Gasteiger partial charge in [-0.05, 0) is 61.5 Å². The van der Waals surface area contributed by atoms with E-state index in [4.69, 9.17) is 5.11 Å². The SMILES string of the molecule is O=C(O)NCc1ccc(C2CC2)c(C(=O)C2CC3CCC2C3)n1.